The van der Waals surface area contributed by atoms with Crippen LogP contribution in [0.4, 0.5) is 17.3 Å². The van der Waals surface area contributed by atoms with Gasteiger partial charge >= 0.3 is 0 Å². The Hall–Kier alpha value is -3.47. The predicted molar refractivity (Wildman–Crippen MR) is 121 cm³/mol. The topological polar surface area (TPSA) is 82.9 Å². The molecule has 0 aliphatic carbocycles. The molecular weight excluding hydrogens is 418 g/mol. The highest BCUT2D eigenvalue weighted by Crippen LogP contribution is 2.33. The van der Waals surface area contributed by atoms with E-state index in [4.69, 9.17) is 31.6 Å². The number of fused-ring (bicyclic) bond motifs is 1. The van der Waals surface area contributed by atoms with Gasteiger partial charge < -0.3 is 14.8 Å². The number of benzene rings is 3. The normalized spacial score (nSPS) is 10.4. The molecule has 0 amide bonds. The molecule has 0 radical (unpaired) electrons. The molecule has 0 aliphatic rings. The van der Waals surface area contributed by atoms with Gasteiger partial charge in [-0.1, -0.05) is 29.8 Å². The van der Waals surface area contributed by atoms with E-state index in [2.05, 4.69) is 16.1 Å². The van der Waals surface area contributed by atoms with Crippen molar-refractivity contribution in [3.63, 3.8) is 0 Å². The Bertz CT molecular complexity index is 1260. The number of rotatable bonds is 6. The van der Waals surface area contributed by atoms with E-state index in [1.54, 1.807) is 37.4 Å². The first-order chi connectivity index (χ1) is 14.7. The molecule has 8 heteroatoms. The molecule has 30 heavy (non-hydrogen) atoms. The molecule has 0 saturated heterocycles. The van der Waals surface area contributed by atoms with E-state index in [0.29, 0.717) is 33.7 Å². The molecule has 148 valence electrons. The van der Waals surface area contributed by atoms with Gasteiger partial charge in [-0.05, 0) is 54.4 Å². The lowest BCUT2D eigenvalue weighted by Gasteiger charge is -2.14. The molecule has 1 heterocycles. The molecule has 0 bridgehead atoms. The number of ether oxygens (including phenoxy) is 1. The summed E-state index contributed by atoms with van der Waals surface area (Å²) in [5.41, 5.74) is 2.75. The first-order valence-corrected chi connectivity index (χ1v) is 10.2. The number of methoxy groups -OCH3 is 1. The lowest BCUT2D eigenvalue weighted by atomic mass is 10.2. The summed E-state index contributed by atoms with van der Waals surface area (Å²) in [4.78, 5) is 10.3. The van der Waals surface area contributed by atoms with E-state index in [0.717, 1.165) is 15.9 Å². The third-order valence-electron chi connectivity index (χ3n) is 4.23. The summed E-state index contributed by atoms with van der Waals surface area (Å²) in [5, 5.41) is 12.9. The van der Waals surface area contributed by atoms with Crippen molar-refractivity contribution in [3.8, 4) is 11.8 Å². The maximum Gasteiger partial charge on any atom is 0.180 e. The van der Waals surface area contributed by atoms with Crippen LogP contribution in [0.2, 0.25) is 5.02 Å². The fourth-order valence-corrected chi connectivity index (χ4v) is 3.60. The van der Waals surface area contributed by atoms with Crippen molar-refractivity contribution in [2.24, 2.45) is 0 Å². The smallest absolute Gasteiger partial charge is 0.180 e. The van der Waals surface area contributed by atoms with Crippen LogP contribution < -0.4 is 14.8 Å². The summed E-state index contributed by atoms with van der Waals surface area (Å²) in [5.74, 6) is 1.74. The van der Waals surface area contributed by atoms with Crippen LogP contribution in [0.1, 0.15) is 5.56 Å². The van der Waals surface area contributed by atoms with Gasteiger partial charge in [0, 0.05) is 11.0 Å². The van der Waals surface area contributed by atoms with Gasteiger partial charge in [-0.3, -0.25) is 0 Å². The van der Waals surface area contributed by atoms with Crippen molar-refractivity contribution < 1.29 is 4.74 Å². The number of para-hydroxylation sites is 2. The first kappa shape index (κ1) is 19.8. The van der Waals surface area contributed by atoms with Crippen LogP contribution in [0.15, 0.2) is 71.6 Å². The van der Waals surface area contributed by atoms with Gasteiger partial charge in [-0.25, -0.2) is 9.97 Å². The third kappa shape index (κ3) is 4.40. The number of hydrogen-bond acceptors (Lipinski definition) is 7. The Balaban J connectivity index is 1.69. The molecule has 4 aromatic rings. The van der Waals surface area contributed by atoms with Crippen LogP contribution in [0.5, 0.6) is 5.75 Å². The van der Waals surface area contributed by atoms with Gasteiger partial charge in [0.25, 0.3) is 0 Å². The fourth-order valence-electron chi connectivity index (χ4n) is 2.75. The zero-order valence-electron chi connectivity index (χ0n) is 15.9. The van der Waals surface area contributed by atoms with Gasteiger partial charge in [0.2, 0.25) is 0 Å². The van der Waals surface area contributed by atoms with Crippen LogP contribution >= 0.6 is 23.5 Å². The molecule has 2 N–H and O–H groups in total. The molecule has 4 rings (SSSR count). The second kappa shape index (κ2) is 8.91. The molecule has 0 unspecified atom stereocenters. The highest BCUT2D eigenvalue weighted by atomic mass is 35.5. The van der Waals surface area contributed by atoms with E-state index in [1.165, 1.54) is 11.9 Å². The summed E-state index contributed by atoms with van der Waals surface area (Å²) in [7, 11) is 1.60. The van der Waals surface area contributed by atoms with Crippen molar-refractivity contribution in [1.29, 1.82) is 5.26 Å². The van der Waals surface area contributed by atoms with Crippen molar-refractivity contribution in [1.82, 2.24) is 9.97 Å². The Kier molecular flexibility index (Phi) is 5.89. The number of nitrogens with zero attached hydrogens (tertiary/aromatic N) is 3. The first-order valence-electron chi connectivity index (χ1n) is 8.96. The number of nitrogens with one attached hydrogen (secondary N) is 2. The highest BCUT2D eigenvalue weighted by Gasteiger charge is 2.12. The molecule has 0 spiro atoms. The van der Waals surface area contributed by atoms with E-state index in [1.807, 2.05) is 36.4 Å². The number of anilines is 3. The van der Waals surface area contributed by atoms with Crippen LogP contribution in [0.3, 0.4) is 0 Å². The molecule has 3 aromatic carbocycles. The Labute approximate surface area is 183 Å². The Morgan fingerprint density at radius 1 is 0.967 bits per heavy atom. The quantitative estimate of drug-likeness (QED) is 0.359. The number of hydrogen-bond donors (Lipinski definition) is 2. The average Bonchev–Trinajstić information content (AvgIpc) is 2.79. The molecule has 6 nitrogen and oxygen atoms in total. The van der Waals surface area contributed by atoms with Crippen molar-refractivity contribution in [2.45, 2.75) is 4.90 Å². The molecule has 0 atom stereocenters. The number of nitriles is 1. The summed E-state index contributed by atoms with van der Waals surface area (Å²) >= 11 is 7.70. The van der Waals surface area contributed by atoms with Crippen LogP contribution in [0.25, 0.3) is 11.0 Å². The van der Waals surface area contributed by atoms with Gasteiger partial charge in [-0.15, -0.1) is 0 Å². The van der Waals surface area contributed by atoms with Crippen molar-refractivity contribution in [3.05, 3.63) is 77.3 Å². The summed E-state index contributed by atoms with van der Waals surface area (Å²) in [6.07, 6.45) is 0. The second-order valence-electron chi connectivity index (χ2n) is 6.22. The average molecular weight is 434 g/mol. The minimum Gasteiger partial charge on any atom is -0.497 e. The molecule has 0 fully saturated rings. The van der Waals surface area contributed by atoms with Gasteiger partial charge in [0.15, 0.2) is 11.6 Å². The summed E-state index contributed by atoms with van der Waals surface area (Å²) in [6, 6.07) is 22.4. The predicted octanol–water partition coefficient (Wildman–Crippen LogP) is 6.03. The maximum atomic E-state index is 9.11. The molecule has 0 aliphatic heterocycles. The summed E-state index contributed by atoms with van der Waals surface area (Å²) in [6.45, 7) is 0. The second-order valence-corrected chi connectivity index (χ2v) is 7.51. The van der Waals surface area contributed by atoms with Crippen molar-refractivity contribution >= 4 is 51.9 Å². The van der Waals surface area contributed by atoms with E-state index in [9.17, 15) is 0 Å². The summed E-state index contributed by atoms with van der Waals surface area (Å²) < 4.78 is 8.53. The molecular formula is C22H16ClN5OS. The highest BCUT2D eigenvalue weighted by molar-refractivity contribution is 8.00. The van der Waals surface area contributed by atoms with Gasteiger partial charge in [-0.2, -0.15) is 5.26 Å². The van der Waals surface area contributed by atoms with E-state index in [-0.39, 0.29) is 0 Å². The SMILES string of the molecule is COc1ccc(Cl)c(Nc2nc3ccccc3nc2NSc2cccc(C#N)c2)c1. The van der Waals surface area contributed by atoms with Gasteiger partial charge in [0.1, 0.15) is 5.75 Å². The van der Waals surface area contributed by atoms with Gasteiger partial charge in [0.05, 0.1) is 40.5 Å². The zero-order valence-corrected chi connectivity index (χ0v) is 17.5. The van der Waals surface area contributed by atoms with Crippen LogP contribution in [-0.2, 0) is 0 Å². The minimum absolute atomic E-state index is 0.521. The number of halogens is 1. The monoisotopic (exact) mass is 433 g/mol. The van der Waals surface area contributed by atoms with Crippen molar-refractivity contribution in [2.75, 3.05) is 17.1 Å². The number of aromatic nitrogens is 2. The lowest BCUT2D eigenvalue weighted by Crippen LogP contribution is -2.03. The van der Waals surface area contributed by atoms with E-state index < -0.39 is 0 Å². The zero-order chi connectivity index (χ0) is 20.9. The molecule has 1 aromatic heterocycles. The largest absolute Gasteiger partial charge is 0.497 e. The fraction of sp³-hybridized carbons (Fsp3) is 0.0455. The maximum absolute atomic E-state index is 9.11. The Morgan fingerprint density at radius 3 is 2.47 bits per heavy atom. The third-order valence-corrected chi connectivity index (χ3v) is 5.34. The van der Waals surface area contributed by atoms with Crippen LogP contribution in [0, 0.1) is 11.3 Å². The van der Waals surface area contributed by atoms with Crippen LogP contribution in [-0.4, -0.2) is 17.1 Å². The minimum atomic E-state index is 0.521. The Morgan fingerprint density at radius 2 is 1.73 bits per heavy atom. The lowest BCUT2D eigenvalue weighted by molar-refractivity contribution is 0.415. The van der Waals surface area contributed by atoms with E-state index >= 15 is 0 Å². The standard InChI is InChI=1S/C22H16ClN5OS/c1-29-15-9-10-17(23)20(12-15)27-21-22(26-19-8-3-2-7-18(19)25-21)28-30-16-6-4-5-14(11-16)13-24/h2-12H,1H3,(H,25,27)(H,26,28). The molecule has 0 saturated carbocycles.